The fourth-order valence-electron chi connectivity index (χ4n) is 2.02. The van der Waals surface area contributed by atoms with Crippen molar-refractivity contribution in [1.82, 2.24) is 0 Å². The molecule has 0 N–H and O–H groups in total. The lowest BCUT2D eigenvalue weighted by Gasteiger charge is -2.07. The van der Waals surface area contributed by atoms with Gasteiger partial charge in [0.15, 0.2) is 0 Å². The lowest BCUT2D eigenvalue weighted by atomic mass is 10.1. The zero-order valence-electron chi connectivity index (χ0n) is 14.0. The first-order valence-corrected chi connectivity index (χ1v) is 8.32. The van der Waals surface area contributed by atoms with Crippen LogP contribution in [0.4, 0.5) is 4.79 Å². The number of carbonyl (C=O) groups excluding carboxylic acids is 1. The second kappa shape index (κ2) is 13.3. The van der Waals surface area contributed by atoms with E-state index >= 15 is 0 Å². The molecule has 0 saturated heterocycles. The highest BCUT2D eigenvalue weighted by Crippen LogP contribution is 2.09. The topological polar surface area (TPSA) is 35.5 Å². The average Bonchev–Trinajstić information content (AvgIpc) is 2.37. The largest absolute Gasteiger partial charge is 0.508 e. The highest BCUT2D eigenvalue weighted by molar-refractivity contribution is 5.59. The van der Waals surface area contributed by atoms with Gasteiger partial charge in [-0.15, -0.1) is 0 Å². The fraction of sp³-hybridized carbons (Fsp3) is 0.941. The van der Waals surface area contributed by atoms with Crippen LogP contribution >= 0.6 is 0 Å². The van der Waals surface area contributed by atoms with Crippen molar-refractivity contribution in [2.24, 2.45) is 11.8 Å². The maximum absolute atomic E-state index is 11.3. The number of ether oxygens (including phenoxy) is 2. The van der Waals surface area contributed by atoms with Gasteiger partial charge >= 0.3 is 6.16 Å². The summed E-state index contributed by atoms with van der Waals surface area (Å²) in [5.41, 5.74) is 0. The molecule has 0 spiro atoms. The molecule has 0 unspecified atom stereocenters. The Bertz CT molecular complexity index is 202. The van der Waals surface area contributed by atoms with Gasteiger partial charge in [-0.3, -0.25) is 0 Å². The SMILES string of the molecule is CC(C)CCCCCOC(=O)OCCCCCC(C)C. The Kier molecular flexibility index (Phi) is 12.8. The molecule has 0 aliphatic carbocycles. The molecule has 0 fully saturated rings. The van der Waals surface area contributed by atoms with Crippen molar-refractivity contribution in [1.29, 1.82) is 0 Å². The van der Waals surface area contributed by atoms with Gasteiger partial charge in [-0.1, -0.05) is 66.2 Å². The van der Waals surface area contributed by atoms with Crippen LogP contribution in [0, 0.1) is 11.8 Å². The standard InChI is InChI=1S/C17H34O3/c1-15(2)11-7-5-9-13-19-17(18)20-14-10-6-8-12-16(3)4/h15-16H,5-14H2,1-4H3. The second-order valence-corrected chi connectivity index (χ2v) is 6.43. The Morgan fingerprint density at radius 1 is 0.700 bits per heavy atom. The summed E-state index contributed by atoms with van der Waals surface area (Å²) in [6.45, 7) is 9.91. The van der Waals surface area contributed by atoms with Gasteiger partial charge in [0.2, 0.25) is 0 Å². The minimum absolute atomic E-state index is 0.490. The summed E-state index contributed by atoms with van der Waals surface area (Å²) >= 11 is 0. The first-order valence-electron chi connectivity index (χ1n) is 8.32. The minimum Gasteiger partial charge on any atom is -0.434 e. The van der Waals surface area contributed by atoms with E-state index in [-0.39, 0.29) is 0 Å². The first kappa shape index (κ1) is 19.3. The van der Waals surface area contributed by atoms with E-state index < -0.39 is 6.16 Å². The molecule has 0 bridgehead atoms. The smallest absolute Gasteiger partial charge is 0.434 e. The van der Waals surface area contributed by atoms with Crippen LogP contribution in [-0.4, -0.2) is 19.4 Å². The highest BCUT2D eigenvalue weighted by Gasteiger charge is 2.03. The zero-order valence-corrected chi connectivity index (χ0v) is 14.0. The first-order chi connectivity index (χ1) is 9.52. The molecule has 0 aromatic carbocycles. The Hall–Kier alpha value is -0.730. The van der Waals surface area contributed by atoms with Gasteiger partial charge in [0.05, 0.1) is 13.2 Å². The maximum atomic E-state index is 11.3. The quantitative estimate of drug-likeness (QED) is 0.347. The maximum Gasteiger partial charge on any atom is 0.508 e. The third-order valence-corrected chi connectivity index (χ3v) is 3.29. The summed E-state index contributed by atoms with van der Waals surface area (Å²) in [7, 11) is 0. The average molecular weight is 286 g/mol. The molecule has 0 rings (SSSR count). The second-order valence-electron chi connectivity index (χ2n) is 6.43. The van der Waals surface area contributed by atoms with Crippen LogP contribution in [0.3, 0.4) is 0 Å². The van der Waals surface area contributed by atoms with Gasteiger partial charge in [0.25, 0.3) is 0 Å². The van der Waals surface area contributed by atoms with Crippen molar-refractivity contribution in [2.75, 3.05) is 13.2 Å². The van der Waals surface area contributed by atoms with E-state index in [9.17, 15) is 4.79 Å². The summed E-state index contributed by atoms with van der Waals surface area (Å²) in [5, 5.41) is 0. The van der Waals surface area contributed by atoms with Gasteiger partial charge < -0.3 is 9.47 Å². The number of rotatable bonds is 12. The predicted octanol–water partition coefficient (Wildman–Crippen LogP) is 5.57. The molecule has 0 heterocycles. The summed E-state index contributed by atoms with van der Waals surface area (Å²) in [4.78, 5) is 11.3. The van der Waals surface area contributed by atoms with Crippen LogP contribution in [-0.2, 0) is 9.47 Å². The molecule has 0 aromatic heterocycles. The van der Waals surface area contributed by atoms with E-state index in [1.54, 1.807) is 0 Å². The summed E-state index contributed by atoms with van der Waals surface area (Å²) < 4.78 is 10.1. The molecule has 0 amide bonds. The van der Waals surface area contributed by atoms with Gasteiger partial charge in [-0.25, -0.2) is 4.79 Å². The Morgan fingerprint density at radius 2 is 1.10 bits per heavy atom. The molecule has 3 nitrogen and oxygen atoms in total. The molecule has 0 aliphatic heterocycles. The monoisotopic (exact) mass is 286 g/mol. The van der Waals surface area contributed by atoms with E-state index in [1.807, 2.05) is 0 Å². The van der Waals surface area contributed by atoms with Crippen molar-refractivity contribution < 1.29 is 14.3 Å². The Balaban J connectivity index is 3.21. The van der Waals surface area contributed by atoms with Crippen LogP contribution in [0.5, 0.6) is 0 Å². The van der Waals surface area contributed by atoms with Crippen molar-refractivity contribution in [3.63, 3.8) is 0 Å². The van der Waals surface area contributed by atoms with Crippen molar-refractivity contribution in [3.05, 3.63) is 0 Å². The van der Waals surface area contributed by atoms with Gasteiger partial charge in [0.1, 0.15) is 0 Å². The van der Waals surface area contributed by atoms with Gasteiger partial charge in [-0.05, 0) is 24.7 Å². The molecule has 0 aromatic rings. The van der Waals surface area contributed by atoms with Gasteiger partial charge in [0, 0.05) is 0 Å². The summed E-state index contributed by atoms with van der Waals surface area (Å²) in [6, 6.07) is 0. The normalized spacial score (nSPS) is 11.1. The number of carbonyl (C=O) groups is 1. The molecule has 20 heavy (non-hydrogen) atoms. The number of hydrogen-bond acceptors (Lipinski definition) is 3. The van der Waals surface area contributed by atoms with Crippen LogP contribution in [0.25, 0.3) is 0 Å². The summed E-state index contributed by atoms with van der Waals surface area (Å²) in [6.07, 6.45) is 8.56. The van der Waals surface area contributed by atoms with E-state index in [0.29, 0.717) is 13.2 Å². The third-order valence-electron chi connectivity index (χ3n) is 3.29. The molecule has 0 radical (unpaired) electrons. The van der Waals surface area contributed by atoms with Crippen molar-refractivity contribution in [3.8, 4) is 0 Å². The fourth-order valence-corrected chi connectivity index (χ4v) is 2.02. The van der Waals surface area contributed by atoms with Gasteiger partial charge in [-0.2, -0.15) is 0 Å². The van der Waals surface area contributed by atoms with E-state index in [1.165, 1.54) is 25.7 Å². The molecular weight excluding hydrogens is 252 g/mol. The molecule has 0 aliphatic rings. The van der Waals surface area contributed by atoms with E-state index in [2.05, 4.69) is 27.7 Å². The minimum atomic E-state index is -0.502. The van der Waals surface area contributed by atoms with E-state index in [4.69, 9.17) is 9.47 Å². The lowest BCUT2D eigenvalue weighted by molar-refractivity contribution is 0.0528. The molecule has 120 valence electrons. The van der Waals surface area contributed by atoms with E-state index in [0.717, 1.165) is 37.5 Å². The van der Waals surface area contributed by atoms with Crippen LogP contribution in [0.1, 0.15) is 79.1 Å². The highest BCUT2D eigenvalue weighted by atomic mass is 16.7. The van der Waals surface area contributed by atoms with Crippen LogP contribution in [0.2, 0.25) is 0 Å². The summed E-state index contributed by atoms with van der Waals surface area (Å²) in [5.74, 6) is 1.52. The third kappa shape index (κ3) is 15.3. The number of unbranched alkanes of at least 4 members (excludes halogenated alkanes) is 4. The van der Waals surface area contributed by atoms with Crippen molar-refractivity contribution >= 4 is 6.16 Å². The Morgan fingerprint density at radius 3 is 1.45 bits per heavy atom. The number of hydrogen-bond donors (Lipinski definition) is 0. The van der Waals surface area contributed by atoms with Crippen LogP contribution < -0.4 is 0 Å². The lowest BCUT2D eigenvalue weighted by Crippen LogP contribution is -2.09. The molecule has 0 saturated carbocycles. The predicted molar refractivity (Wildman–Crippen MR) is 83.9 cm³/mol. The Labute approximate surface area is 125 Å². The van der Waals surface area contributed by atoms with Crippen molar-refractivity contribution in [2.45, 2.75) is 79.1 Å². The van der Waals surface area contributed by atoms with Crippen LogP contribution in [0.15, 0.2) is 0 Å². The molecule has 3 heteroatoms. The molecular formula is C17H34O3. The molecule has 0 atom stereocenters. The zero-order chi connectivity index (χ0) is 15.2.